The highest BCUT2D eigenvalue weighted by Crippen LogP contribution is 2.24. The molecule has 0 atom stereocenters. The Labute approximate surface area is 154 Å². The molecule has 140 valence electrons. The van der Waals surface area contributed by atoms with Crippen LogP contribution in [0.3, 0.4) is 0 Å². The highest BCUT2D eigenvalue weighted by molar-refractivity contribution is 7.90. The number of sulfone groups is 1. The van der Waals surface area contributed by atoms with Crippen molar-refractivity contribution in [2.24, 2.45) is 0 Å². The molecule has 0 radical (unpaired) electrons. The average Bonchev–Trinajstić information content (AvgIpc) is 2.57. The number of hydrogen-bond acceptors (Lipinski definition) is 5. The van der Waals surface area contributed by atoms with Crippen LogP contribution in [0.25, 0.3) is 0 Å². The number of hydrogen-bond donors (Lipinski definition) is 0. The van der Waals surface area contributed by atoms with E-state index in [4.69, 9.17) is 9.47 Å². The molecule has 0 aliphatic carbocycles. The Kier molecular flexibility index (Phi) is 6.08. The molecule has 0 bridgehead atoms. The lowest BCUT2D eigenvalue weighted by Crippen LogP contribution is -2.13. The highest BCUT2D eigenvalue weighted by Gasteiger charge is 2.13. The van der Waals surface area contributed by atoms with E-state index in [-0.39, 0.29) is 23.5 Å². The Morgan fingerprint density at radius 1 is 0.923 bits per heavy atom. The third-order valence-corrected chi connectivity index (χ3v) is 4.95. The van der Waals surface area contributed by atoms with Crippen molar-refractivity contribution >= 4 is 15.8 Å². The van der Waals surface area contributed by atoms with E-state index in [1.807, 2.05) is 24.3 Å². The summed E-state index contributed by atoms with van der Waals surface area (Å²) in [5, 5.41) is 0. The minimum absolute atomic E-state index is 0.0840. The first kappa shape index (κ1) is 20.0. The van der Waals surface area contributed by atoms with Crippen LogP contribution in [0.15, 0.2) is 53.4 Å². The second-order valence-electron chi connectivity index (χ2n) is 7.06. The molecule has 0 heterocycles. The number of esters is 1. The summed E-state index contributed by atoms with van der Waals surface area (Å²) in [5.74, 6) is 0.197. The first-order valence-electron chi connectivity index (χ1n) is 8.28. The van der Waals surface area contributed by atoms with E-state index in [2.05, 4.69) is 20.8 Å². The molecule has 2 rings (SSSR count). The van der Waals surface area contributed by atoms with Crippen LogP contribution in [0.1, 0.15) is 36.7 Å². The molecule has 0 saturated carbocycles. The number of rotatable bonds is 6. The van der Waals surface area contributed by atoms with E-state index in [1.165, 1.54) is 29.8 Å². The molecular weight excluding hydrogens is 352 g/mol. The molecule has 0 aliphatic heterocycles. The van der Waals surface area contributed by atoms with Gasteiger partial charge in [-0.05, 0) is 47.4 Å². The molecule has 2 aromatic carbocycles. The number of benzene rings is 2. The van der Waals surface area contributed by atoms with E-state index >= 15 is 0 Å². The van der Waals surface area contributed by atoms with Gasteiger partial charge in [-0.25, -0.2) is 13.2 Å². The largest absolute Gasteiger partial charge is 0.490 e. The normalized spacial score (nSPS) is 11.8. The summed E-state index contributed by atoms with van der Waals surface area (Å²) in [6, 6.07) is 13.5. The number of ether oxygens (including phenoxy) is 2. The molecule has 0 aliphatic rings. The molecule has 26 heavy (non-hydrogen) atoms. The number of carbonyl (C=O) groups is 1. The lowest BCUT2D eigenvalue weighted by atomic mass is 9.87. The van der Waals surface area contributed by atoms with Gasteiger partial charge in [-0.1, -0.05) is 32.9 Å². The summed E-state index contributed by atoms with van der Waals surface area (Å²) in [7, 11) is -3.28. The van der Waals surface area contributed by atoms with Crippen LogP contribution in [-0.4, -0.2) is 33.9 Å². The van der Waals surface area contributed by atoms with Crippen molar-refractivity contribution in [2.75, 3.05) is 19.5 Å². The molecule has 0 aromatic heterocycles. The molecule has 0 saturated heterocycles. The van der Waals surface area contributed by atoms with Crippen LogP contribution in [0, 0.1) is 0 Å². The molecule has 2 aromatic rings. The van der Waals surface area contributed by atoms with E-state index in [1.54, 1.807) is 0 Å². The van der Waals surface area contributed by atoms with Gasteiger partial charge < -0.3 is 9.47 Å². The fourth-order valence-corrected chi connectivity index (χ4v) is 2.90. The molecule has 6 heteroatoms. The van der Waals surface area contributed by atoms with Crippen molar-refractivity contribution < 1.29 is 22.7 Å². The monoisotopic (exact) mass is 376 g/mol. The SMILES string of the molecule is CC(C)(C)c1ccc(OCCOC(=O)c2ccc(S(C)(=O)=O)cc2)cc1. The Morgan fingerprint density at radius 2 is 1.50 bits per heavy atom. The Bertz CT molecular complexity index is 845. The van der Waals surface area contributed by atoms with Crippen LogP contribution >= 0.6 is 0 Å². The summed E-state index contributed by atoms with van der Waals surface area (Å²) in [6.45, 7) is 6.77. The Hall–Kier alpha value is -2.34. The molecular formula is C20H24O5S. The van der Waals surface area contributed by atoms with Gasteiger partial charge in [0.2, 0.25) is 0 Å². The van der Waals surface area contributed by atoms with Crippen molar-refractivity contribution in [1.82, 2.24) is 0 Å². The van der Waals surface area contributed by atoms with Gasteiger partial charge in [0.05, 0.1) is 10.5 Å². The first-order chi connectivity index (χ1) is 12.1. The number of carbonyl (C=O) groups excluding carboxylic acids is 1. The van der Waals surface area contributed by atoms with Gasteiger partial charge in [-0.3, -0.25) is 0 Å². The van der Waals surface area contributed by atoms with Gasteiger partial charge in [0.1, 0.15) is 19.0 Å². The van der Waals surface area contributed by atoms with Crippen molar-refractivity contribution in [3.05, 3.63) is 59.7 Å². The summed E-state index contributed by atoms with van der Waals surface area (Å²) in [6.07, 6.45) is 1.12. The third-order valence-electron chi connectivity index (χ3n) is 3.82. The fraction of sp³-hybridized carbons (Fsp3) is 0.350. The minimum atomic E-state index is -3.28. The topological polar surface area (TPSA) is 69.7 Å². The Balaban J connectivity index is 1.81. The van der Waals surface area contributed by atoms with Gasteiger partial charge in [0.15, 0.2) is 9.84 Å². The first-order valence-corrected chi connectivity index (χ1v) is 10.2. The summed E-state index contributed by atoms with van der Waals surface area (Å²) >= 11 is 0. The van der Waals surface area contributed by atoms with E-state index < -0.39 is 15.8 Å². The van der Waals surface area contributed by atoms with Crippen molar-refractivity contribution in [1.29, 1.82) is 0 Å². The minimum Gasteiger partial charge on any atom is -0.490 e. The van der Waals surface area contributed by atoms with E-state index in [0.717, 1.165) is 6.26 Å². The van der Waals surface area contributed by atoms with Crippen LogP contribution in [0.5, 0.6) is 5.75 Å². The van der Waals surface area contributed by atoms with Gasteiger partial charge in [-0.2, -0.15) is 0 Å². The predicted molar refractivity (Wildman–Crippen MR) is 100 cm³/mol. The smallest absolute Gasteiger partial charge is 0.338 e. The van der Waals surface area contributed by atoms with Crippen molar-refractivity contribution in [2.45, 2.75) is 31.1 Å². The van der Waals surface area contributed by atoms with Crippen LogP contribution in [0.2, 0.25) is 0 Å². The van der Waals surface area contributed by atoms with Gasteiger partial charge in [0.25, 0.3) is 0 Å². The summed E-state index contributed by atoms with van der Waals surface area (Å²) in [5.41, 5.74) is 1.60. The maximum atomic E-state index is 11.9. The average molecular weight is 376 g/mol. The molecule has 5 nitrogen and oxygen atoms in total. The van der Waals surface area contributed by atoms with Crippen LogP contribution in [0.4, 0.5) is 0 Å². The predicted octanol–water partition coefficient (Wildman–Crippen LogP) is 3.62. The fourth-order valence-electron chi connectivity index (χ4n) is 2.27. The molecule has 0 spiro atoms. The molecule has 0 fully saturated rings. The zero-order valence-electron chi connectivity index (χ0n) is 15.5. The van der Waals surface area contributed by atoms with Gasteiger partial charge in [0, 0.05) is 6.26 Å². The molecule has 0 N–H and O–H groups in total. The zero-order chi connectivity index (χ0) is 19.4. The highest BCUT2D eigenvalue weighted by atomic mass is 32.2. The maximum Gasteiger partial charge on any atom is 0.338 e. The van der Waals surface area contributed by atoms with Crippen molar-refractivity contribution in [3.63, 3.8) is 0 Å². The summed E-state index contributed by atoms with van der Waals surface area (Å²) < 4.78 is 33.5. The lowest BCUT2D eigenvalue weighted by molar-refractivity contribution is 0.0450. The van der Waals surface area contributed by atoms with Crippen molar-refractivity contribution in [3.8, 4) is 5.75 Å². The molecule has 0 amide bonds. The third kappa shape index (κ3) is 5.59. The van der Waals surface area contributed by atoms with Crippen LogP contribution in [-0.2, 0) is 20.0 Å². The zero-order valence-corrected chi connectivity index (χ0v) is 16.3. The van der Waals surface area contributed by atoms with Gasteiger partial charge >= 0.3 is 5.97 Å². The van der Waals surface area contributed by atoms with E-state index in [9.17, 15) is 13.2 Å². The second kappa shape index (κ2) is 7.91. The second-order valence-corrected chi connectivity index (χ2v) is 9.07. The lowest BCUT2D eigenvalue weighted by Gasteiger charge is -2.19. The maximum absolute atomic E-state index is 11.9. The van der Waals surface area contributed by atoms with Gasteiger partial charge in [-0.15, -0.1) is 0 Å². The summed E-state index contributed by atoms with van der Waals surface area (Å²) in [4.78, 5) is 12.1. The van der Waals surface area contributed by atoms with Crippen LogP contribution < -0.4 is 4.74 Å². The molecule has 0 unspecified atom stereocenters. The quantitative estimate of drug-likeness (QED) is 0.569. The van der Waals surface area contributed by atoms with E-state index in [0.29, 0.717) is 11.3 Å². The Morgan fingerprint density at radius 3 is 2.00 bits per heavy atom. The standard InChI is InChI=1S/C20H24O5S/c1-20(2,3)16-7-9-17(10-8-16)24-13-14-25-19(21)15-5-11-18(12-6-15)26(4,22)23/h5-12H,13-14H2,1-4H3.